The molecule has 0 atom stereocenters. The zero-order valence-electron chi connectivity index (χ0n) is 25.2. The van der Waals surface area contributed by atoms with Crippen LogP contribution < -0.4 is 4.90 Å². The molecule has 9 rings (SSSR count). The molecule has 3 heteroatoms. The van der Waals surface area contributed by atoms with Crippen molar-refractivity contribution in [3.05, 3.63) is 157 Å². The Hall–Kier alpha value is -5.67. The summed E-state index contributed by atoms with van der Waals surface area (Å²) in [6, 6.07) is 49.8. The van der Waals surface area contributed by atoms with Crippen LogP contribution in [0.25, 0.3) is 55.0 Å². The lowest BCUT2D eigenvalue weighted by atomic mass is 9.82. The van der Waals surface area contributed by atoms with Gasteiger partial charge in [-0.3, -0.25) is 4.90 Å². The van der Waals surface area contributed by atoms with E-state index in [0.29, 0.717) is 0 Å². The maximum atomic E-state index is 6.48. The Morgan fingerprint density at radius 3 is 2.04 bits per heavy atom. The van der Waals surface area contributed by atoms with Gasteiger partial charge in [0.2, 0.25) is 0 Å². The summed E-state index contributed by atoms with van der Waals surface area (Å²) in [5.74, 6) is 0.847. The predicted octanol–water partition coefficient (Wildman–Crippen LogP) is 11.6. The summed E-state index contributed by atoms with van der Waals surface area (Å²) in [7, 11) is 0. The van der Waals surface area contributed by atoms with Crippen LogP contribution in [0.1, 0.15) is 25.0 Å². The van der Waals surface area contributed by atoms with Gasteiger partial charge in [-0.15, -0.1) is 0 Å². The van der Waals surface area contributed by atoms with Crippen LogP contribution in [-0.4, -0.2) is 4.98 Å². The highest BCUT2D eigenvalue weighted by atomic mass is 16.3. The summed E-state index contributed by atoms with van der Waals surface area (Å²) >= 11 is 0. The lowest BCUT2D eigenvalue weighted by Crippen LogP contribution is -2.15. The van der Waals surface area contributed by atoms with Crippen molar-refractivity contribution in [2.24, 2.45) is 0 Å². The van der Waals surface area contributed by atoms with E-state index < -0.39 is 0 Å². The summed E-state index contributed by atoms with van der Waals surface area (Å²) < 4.78 is 6.48. The van der Waals surface area contributed by atoms with Crippen LogP contribution in [0.15, 0.2) is 150 Å². The van der Waals surface area contributed by atoms with Gasteiger partial charge in [0.05, 0.1) is 5.39 Å². The van der Waals surface area contributed by atoms with Crippen molar-refractivity contribution < 1.29 is 4.42 Å². The SMILES string of the molecule is CC1(C)c2ccccc2-c2cc(N(c3ccc(-c4ccccc4)cc3)c3nccc4oc5cc6ccccc6cc5c34)ccc21. The highest BCUT2D eigenvalue weighted by Gasteiger charge is 2.35. The van der Waals surface area contributed by atoms with E-state index in [1.165, 1.54) is 38.8 Å². The van der Waals surface area contributed by atoms with E-state index in [-0.39, 0.29) is 5.41 Å². The molecule has 0 unspecified atom stereocenters. The van der Waals surface area contributed by atoms with Gasteiger partial charge in [-0.25, -0.2) is 4.98 Å². The molecular formula is C42H30N2O. The molecule has 0 fully saturated rings. The summed E-state index contributed by atoms with van der Waals surface area (Å²) in [5.41, 5.74) is 11.4. The normalized spacial score (nSPS) is 13.3. The Morgan fingerprint density at radius 1 is 0.556 bits per heavy atom. The Balaban J connectivity index is 1.30. The third-order valence-electron chi connectivity index (χ3n) is 9.50. The van der Waals surface area contributed by atoms with Crippen molar-refractivity contribution in [1.29, 1.82) is 0 Å². The molecule has 0 saturated carbocycles. The average molecular weight is 579 g/mol. The second kappa shape index (κ2) is 9.67. The van der Waals surface area contributed by atoms with E-state index in [1.807, 2.05) is 12.3 Å². The average Bonchev–Trinajstić information content (AvgIpc) is 3.56. The van der Waals surface area contributed by atoms with Crippen molar-refractivity contribution in [3.8, 4) is 22.3 Å². The molecule has 214 valence electrons. The number of aromatic nitrogens is 1. The third-order valence-corrected chi connectivity index (χ3v) is 9.50. The fraction of sp³-hybridized carbons (Fsp3) is 0.0714. The van der Waals surface area contributed by atoms with E-state index in [9.17, 15) is 0 Å². The van der Waals surface area contributed by atoms with Gasteiger partial charge in [-0.05, 0) is 86.6 Å². The number of fused-ring (bicyclic) bond motifs is 7. The first-order chi connectivity index (χ1) is 22.1. The molecular weight excluding hydrogens is 548 g/mol. The number of rotatable bonds is 4. The third kappa shape index (κ3) is 3.94. The molecule has 0 spiro atoms. The van der Waals surface area contributed by atoms with Gasteiger partial charge in [0.1, 0.15) is 17.0 Å². The van der Waals surface area contributed by atoms with Crippen molar-refractivity contribution in [2.45, 2.75) is 19.3 Å². The zero-order valence-corrected chi connectivity index (χ0v) is 25.2. The Morgan fingerprint density at radius 2 is 1.22 bits per heavy atom. The Bertz CT molecular complexity index is 2400. The van der Waals surface area contributed by atoms with Crippen LogP contribution in [0.5, 0.6) is 0 Å². The highest BCUT2D eigenvalue weighted by Crippen LogP contribution is 2.51. The summed E-state index contributed by atoms with van der Waals surface area (Å²) in [5, 5.41) is 4.40. The molecule has 0 radical (unpaired) electrons. The van der Waals surface area contributed by atoms with Gasteiger partial charge in [-0.1, -0.05) is 111 Å². The zero-order chi connectivity index (χ0) is 30.1. The second-order valence-electron chi connectivity index (χ2n) is 12.5. The Kier molecular flexibility index (Phi) is 5.54. The molecule has 8 aromatic rings. The number of furan rings is 1. The van der Waals surface area contributed by atoms with E-state index in [0.717, 1.165) is 44.5 Å². The molecule has 45 heavy (non-hydrogen) atoms. The van der Waals surface area contributed by atoms with Crippen LogP contribution in [-0.2, 0) is 5.41 Å². The highest BCUT2D eigenvalue weighted by molar-refractivity contribution is 6.15. The number of pyridine rings is 1. The van der Waals surface area contributed by atoms with Crippen molar-refractivity contribution in [1.82, 2.24) is 4.98 Å². The van der Waals surface area contributed by atoms with E-state index >= 15 is 0 Å². The topological polar surface area (TPSA) is 29.3 Å². The molecule has 0 aliphatic heterocycles. The van der Waals surface area contributed by atoms with Gasteiger partial charge in [-0.2, -0.15) is 0 Å². The number of hydrogen-bond acceptors (Lipinski definition) is 3. The van der Waals surface area contributed by atoms with Crippen LogP contribution in [0.3, 0.4) is 0 Å². The van der Waals surface area contributed by atoms with Crippen molar-refractivity contribution in [3.63, 3.8) is 0 Å². The molecule has 1 aliphatic rings. The Labute approximate surface area is 262 Å². The van der Waals surface area contributed by atoms with Crippen LogP contribution >= 0.6 is 0 Å². The molecule has 0 saturated heterocycles. The lowest BCUT2D eigenvalue weighted by molar-refractivity contribution is 0.660. The van der Waals surface area contributed by atoms with Gasteiger partial charge < -0.3 is 4.42 Å². The smallest absolute Gasteiger partial charge is 0.149 e. The van der Waals surface area contributed by atoms with Gasteiger partial charge in [0.25, 0.3) is 0 Å². The van der Waals surface area contributed by atoms with E-state index in [4.69, 9.17) is 9.40 Å². The van der Waals surface area contributed by atoms with Gasteiger partial charge in [0.15, 0.2) is 0 Å². The minimum Gasteiger partial charge on any atom is -0.456 e. The maximum absolute atomic E-state index is 6.48. The number of benzene rings is 6. The van der Waals surface area contributed by atoms with Crippen LogP contribution in [0.2, 0.25) is 0 Å². The molecule has 1 aliphatic carbocycles. The molecule has 6 aromatic carbocycles. The number of hydrogen-bond donors (Lipinski definition) is 0. The molecule has 0 N–H and O–H groups in total. The lowest BCUT2D eigenvalue weighted by Gasteiger charge is -2.27. The maximum Gasteiger partial charge on any atom is 0.149 e. The molecule has 0 bridgehead atoms. The quantitative estimate of drug-likeness (QED) is 0.208. The standard InChI is InChI=1S/C42H30N2O/c1-42(2)36-15-9-8-14-33(36)34-26-32(20-21-37(34)42)44(31-18-16-28(17-19-31)27-10-4-3-5-11-27)41-40-35-24-29-12-6-7-13-30(29)25-39(35)45-38(40)22-23-43-41/h3-26H,1-2H3. The van der Waals surface area contributed by atoms with Crippen molar-refractivity contribution >= 4 is 49.9 Å². The van der Waals surface area contributed by atoms with Crippen LogP contribution in [0, 0.1) is 0 Å². The first kappa shape index (κ1) is 25.8. The minimum absolute atomic E-state index is 0.0628. The number of nitrogens with zero attached hydrogens (tertiary/aromatic N) is 2. The van der Waals surface area contributed by atoms with E-state index in [2.05, 4.69) is 152 Å². The first-order valence-corrected chi connectivity index (χ1v) is 15.5. The summed E-state index contributed by atoms with van der Waals surface area (Å²) in [6.07, 6.45) is 1.86. The summed E-state index contributed by atoms with van der Waals surface area (Å²) in [4.78, 5) is 7.36. The fourth-order valence-corrected chi connectivity index (χ4v) is 7.23. The minimum atomic E-state index is -0.0628. The monoisotopic (exact) mass is 578 g/mol. The van der Waals surface area contributed by atoms with Gasteiger partial charge in [0, 0.05) is 28.4 Å². The fourth-order valence-electron chi connectivity index (χ4n) is 7.23. The van der Waals surface area contributed by atoms with E-state index in [1.54, 1.807) is 0 Å². The predicted molar refractivity (Wildman–Crippen MR) is 187 cm³/mol. The number of anilines is 3. The summed E-state index contributed by atoms with van der Waals surface area (Å²) in [6.45, 7) is 4.64. The molecule has 2 heterocycles. The largest absolute Gasteiger partial charge is 0.456 e. The van der Waals surface area contributed by atoms with Gasteiger partial charge >= 0.3 is 0 Å². The second-order valence-corrected chi connectivity index (χ2v) is 12.5. The van der Waals surface area contributed by atoms with Crippen molar-refractivity contribution in [2.75, 3.05) is 4.90 Å². The molecule has 0 amide bonds. The van der Waals surface area contributed by atoms with Crippen LogP contribution in [0.4, 0.5) is 17.2 Å². The molecule has 3 nitrogen and oxygen atoms in total. The first-order valence-electron chi connectivity index (χ1n) is 15.5. The molecule has 2 aromatic heterocycles.